The summed E-state index contributed by atoms with van der Waals surface area (Å²) in [4.78, 5) is 12.2. The summed E-state index contributed by atoms with van der Waals surface area (Å²) in [5.41, 5.74) is 2.55. The number of rotatable bonds is 1. The maximum Gasteiger partial charge on any atom is 0.220 e. The van der Waals surface area contributed by atoms with Gasteiger partial charge in [0.05, 0.1) is 12.1 Å². The maximum absolute atomic E-state index is 12.6. The van der Waals surface area contributed by atoms with Crippen molar-refractivity contribution in [2.75, 3.05) is 0 Å². The van der Waals surface area contributed by atoms with Gasteiger partial charge in [0.1, 0.15) is 0 Å². The van der Waals surface area contributed by atoms with Crippen molar-refractivity contribution < 1.29 is 8.68 Å². The smallest absolute Gasteiger partial charge is 0.220 e. The predicted molar refractivity (Wildman–Crippen MR) is 81.6 cm³/mol. The molecule has 20 heavy (non-hydrogen) atoms. The van der Waals surface area contributed by atoms with E-state index in [2.05, 4.69) is 12.2 Å². The molecule has 1 saturated heterocycles. The molecule has 4 heteroatoms. The van der Waals surface area contributed by atoms with Crippen molar-refractivity contribution in [2.45, 2.75) is 62.8 Å². The van der Waals surface area contributed by atoms with Gasteiger partial charge in [0.2, 0.25) is 5.91 Å². The Labute approximate surface area is 124 Å². The summed E-state index contributed by atoms with van der Waals surface area (Å²) in [7, 11) is 0. The van der Waals surface area contributed by atoms with E-state index >= 15 is 0 Å². The molecule has 110 valence electrons. The summed E-state index contributed by atoms with van der Waals surface area (Å²) in [6.07, 6.45) is 3.35. The number of aryl methyl sites for hydroxylation is 1. The van der Waals surface area contributed by atoms with Crippen molar-refractivity contribution in [3.63, 3.8) is 0 Å². The van der Waals surface area contributed by atoms with E-state index < -0.39 is 0 Å². The zero-order chi connectivity index (χ0) is 14.8. The maximum atomic E-state index is 12.6. The molecule has 1 fully saturated rings. The normalized spacial score (nSPS) is 27.6. The third-order valence-corrected chi connectivity index (χ3v) is 4.89. The average Bonchev–Trinajstić information content (AvgIpc) is 2.49. The van der Waals surface area contributed by atoms with Crippen molar-refractivity contribution in [2.24, 2.45) is 0 Å². The summed E-state index contributed by atoms with van der Waals surface area (Å²) in [6, 6.07) is 6.07. The Hall–Kier alpha value is -1.03. The van der Waals surface area contributed by atoms with Crippen LogP contribution in [0.4, 0.5) is 3.89 Å². The Balaban J connectivity index is 0.000000704. The zero-order valence-electron chi connectivity index (χ0n) is 12.3. The number of hydrogen-bond donors (Lipinski definition) is 1. The summed E-state index contributed by atoms with van der Waals surface area (Å²) in [6.45, 7) is 6.22. The van der Waals surface area contributed by atoms with Crippen LogP contribution in [0.15, 0.2) is 23.1 Å². The van der Waals surface area contributed by atoms with Crippen LogP contribution in [-0.4, -0.2) is 11.9 Å². The van der Waals surface area contributed by atoms with E-state index in [1.165, 1.54) is 11.1 Å². The minimum Gasteiger partial charge on any atom is -0.352 e. The second kappa shape index (κ2) is 6.17. The van der Waals surface area contributed by atoms with Crippen LogP contribution >= 0.6 is 12.1 Å². The Morgan fingerprint density at radius 3 is 2.80 bits per heavy atom. The summed E-state index contributed by atoms with van der Waals surface area (Å²) >= 11 is 0.301. The molecule has 0 saturated carbocycles. The molecule has 1 heterocycles. The summed E-state index contributed by atoms with van der Waals surface area (Å²) < 4.78 is 12.6. The number of amides is 1. The van der Waals surface area contributed by atoms with Gasteiger partial charge in [0.25, 0.3) is 0 Å². The molecule has 3 rings (SSSR count). The van der Waals surface area contributed by atoms with Crippen LogP contribution in [-0.2, 0) is 16.6 Å². The van der Waals surface area contributed by atoms with Gasteiger partial charge in [-0.2, -0.15) is 3.89 Å². The molecule has 0 aromatic heterocycles. The number of carbonyl (C=O) groups is 1. The Morgan fingerprint density at radius 1 is 1.35 bits per heavy atom. The van der Waals surface area contributed by atoms with Gasteiger partial charge in [-0.1, -0.05) is 26.8 Å². The van der Waals surface area contributed by atoms with E-state index in [0.29, 0.717) is 23.5 Å². The predicted octanol–water partition coefficient (Wildman–Crippen LogP) is 4.17. The van der Waals surface area contributed by atoms with E-state index in [4.69, 9.17) is 0 Å². The first-order valence-electron chi connectivity index (χ1n) is 7.35. The van der Waals surface area contributed by atoms with E-state index in [1.54, 1.807) is 0 Å². The number of halogens is 1. The monoisotopic (exact) mass is 295 g/mol. The lowest BCUT2D eigenvalue weighted by atomic mass is 9.64. The van der Waals surface area contributed by atoms with Gasteiger partial charge in [-0.15, -0.1) is 0 Å². The Kier molecular flexibility index (Phi) is 4.74. The lowest BCUT2D eigenvalue weighted by molar-refractivity contribution is -0.125. The first-order chi connectivity index (χ1) is 9.63. The topological polar surface area (TPSA) is 29.1 Å². The second-order valence-electron chi connectivity index (χ2n) is 5.47. The fourth-order valence-electron chi connectivity index (χ4n) is 3.37. The molecule has 0 radical (unpaired) electrons. The quantitative estimate of drug-likeness (QED) is 0.842. The highest BCUT2D eigenvalue weighted by Crippen LogP contribution is 2.43. The van der Waals surface area contributed by atoms with Crippen molar-refractivity contribution in [3.05, 3.63) is 29.3 Å². The zero-order valence-corrected chi connectivity index (χ0v) is 13.1. The largest absolute Gasteiger partial charge is 0.352 e. The SMILES string of the molecule is CC.CC12CCC(=O)NC1CCc1cc(SF)ccc12. The lowest BCUT2D eigenvalue weighted by Gasteiger charge is -2.46. The Bertz CT molecular complexity index is 505. The molecule has 1 aliphatic carbocycles. The number of fused-ring (bicyclic) bond motifs is 3. The number of carbonyl (C=O) groups excluding carboxylic acids is 1. The van der Waals surface area contributed by atoms with Crippen molar-refractivity contribution >= 4 is 18.1 Å². The van der Waals surface area contributed by atoms with Crippen LogP contribution < -0.4 is 5.32 Å². The third-order valence-electron chi connectivity index (χ3n) is 4.46. The van der Waals surface area contributed by atoms with Crippen LogP contribution in [0, 0.1) is 0 Å². The molecule has 2 aliphatic rings. The molecule has 2 unspecified atom stereocenters. The van der Waals surface area contributed by atoms with Gasteiger partial charge < -0.3 is 5.32 Å². The van der Waals surface area contributed by atoms with Gasteiger partial charge in [0, 0.05) is 22.8 Å². The van der Waals surface area contributed by atoms with Crippen LogP contribution in [0.25, 0.3) is 0 Å². The van der Waals surface area contributed by atoms with E-state index in [0.717, 1.165) is 19.3 Å². The Morgan fingerprint density at radius 2 is 2.10 bits per heavy atom. The van der Waals surface area contributed by atoms with Crippen LogP contribution in [0.2, 0.25) is 0 Å². The molecule has 0 bridgehead atoms. The van der Waals surface area contributed by atoms with Crippen LogP contribution in [0.5, 0.6) is 0 Å². The molecule has 0 spiro atoms. The molecule has 1 amide bonds. The summed E-state index contributed by atoms with van der Waals surface area (Å²) in [5, 5.41) is 3.11. The van der Waals surface area contributed by atoms with E-state index in [9.17, 15) is 8.68 Å². The molecule has 1 N–H and O–H groups in total. The minimum absolute atomic E-state index is 0.0149. The minimum atomic E-state index is 0.0149. The first kappa shape index (κ1) is 15.4. The van der Waals surface area contributed by atoms with Gasteiger partial charge >= 0.3 is 0 Å². The van der Waals surface area contributed by atoms with Crippen molar-refractivity contribution in [1.82, 2.24) is 5.32 Å². The molecule has 1 aliphatic heterocycles. The number of piperidine rings is 1. The highest BCUT2D eigenvalue weighted by molar-refractivity contribution is 7.94. The fourth-order valence-corrected chi connectivity index (χ4v) is 3.67. The molecule has 2 nitrogen and oxygen atoms in total. The average molecular weight is 295 g/mol. The van der Waals surface area contributed by atoms with Crippen LogP contribution in [0.3, 0.4) is 0 Å². The highest BCUT2D eigenvalue weighted by atomic mass is 32.2. The van der Waals surface area contributed by atoms with E-state index in [-0.39, 0.29) is 17.4 Å². The first-order valence-corrected chi connectivity index (χ1v) is 8.06. The van der Waals surface area contributed by atoms with Gasteiger partial charge in [-0.3, -0.25) is 4.79 Å². The lowest BCUT2D eigenvalue weighted by Crippen LogP contribution is -2.55. The number of benzene rings is 1. The van der Waals surface area contributed by atoms with Gasteiger partial charge in [0.15, 0.2) is 0 Å². The van der Waals surface area contributed by atoms with Gasteiger partial charge in [-0.05, 0) is 42.5 Å². The fraction of sp³-hybridized carbons (Fsp3) is 0.562. The molecule has 1 aromatic rings. The van der Waals surface area contributed by atoms with Crippen molar-refractivity contribution in [1.29, 1.82) is 0 Å². The highest BCUT2D eigenvalue weighted by Gasteiger charge is 2.43. The molecular formula is C16H22FNOS. The third kappa shape index (κ3) is 2.58. The summed E-state index contributed by atoms with van der Waals surface area (Å²) in [5.74, 6) is 0.164. The molecular weight excluding hydrogens is 273 g/mol. The van der Waals surface area contributed by atoms with Gasteiger partial charge in [-0.25, -0.2) is 0 Å². The van der Waals surface area contributed by atoms with Crippen LogP contribution in [0.1, 0.15) is 51.2 Å². The standard InChI is InChI=1S/C14H16FNOS.C2H6/c1-14-7-6-13(17)16-12(14)5-2-9-8-10(18-15)3-4-11(9)14;1-2/h3-4,8,12H,2,5-7H2,1H3,(H,16,17);1-2H3. The molecule has 1 aromatic carbocycles. The second-order valence-corrected chi connectivity index (χ2v) is 6.10. The number of nitrogens with one attached hydrogen (secondary N) is 1. The van der Waals surface area contributed by atoms with E-state index in [1.807, 2.05) is 32.0 Å². The molecule has 2 atom stereocenters. The van der Waals surface area contributed by atoms with Crippen molar-refractivity contribution in [3.8, 4) is 0 Å². The number of hydrogen-bond acceptors (Lipinski definition) is 2.